The van der Waals surface area contributed by atoms with Crippen LogP contribution in [0.15, 0.2) is 24.3 Å². The number of carbonyl (C=O) groups excluding carboxylic acids is 2. The fourth-order valence-corrected chi connectivity index (χ4v) is 3.60. The number of hydrogen-bond acceptors (Lipinski definition) is 4. The SMILES string of the molecule is CCOc1ccc([C@H]2CC(=O)c3c([nH]c(C(=O)O[C@@H](C)CC)c3C)C2)cc1. The van der Waals surface area contributed by atoms with E-state index in [1.807, 2.05) is 52.0 Å². The van der Waals surface area contributed by atoms with E-state index in [4.69, 9.17) is 9.47 Å². The number of esters is 1. The topological polar surface area (TPSA) is 68.4 Å². The van der Waals surface area contributed by atoms with E-state index >= 15 is 0 Å². The Balaban J connectivity index is 1.84. The normalized spacial score (nSPS) is 17.3. The highest BCUT2D eigenvalue weighted by atomic mass is 16.5. The summed E-state index contributed by atoms with van der Waals surface area (Å²) in [5.41, 5.74) is 3.70. The molecular weight excluding hydrogens is 342 g/mol. The molecule has 1 aromatic carbocycles. The van der Waals surface area contributed by atoms with E-state index in [0.717, 1.165) is 23.4 Å². The number of ether oxygens (including phenoxy) is 2. The van der Waals surface area contributed by atoms with E-state index in [1.54, 1.807) is 0 Å². The molecule has 0 bridgehead atoms. The second kappa shape index (κ2) is 7.99. The summed E-state index contributed by atoms with van der Waals surface area (Å²) >= 11 is 0. The Morgan fingerprint density at radius 1 is 1.22 bits per heavy atom. The largest absolute Gasteiger partial charge is 0.494 e. The van der Waals surface area contributed by atoms with Gasteiger partial charge in [0.2, 0.25) is 0 Å². The Morgan fingerprint density at radius 2 is 1.93 bits per heavy atom. The summed E-state index contributed by atoms with van der Waals surface area (Å²) in [7, 11) is 0. The minimum Gasteiger partial charge on any atom is -0.494 e. The first-order valence-electron chi connectivity index (χ1n) is 9.62. The van der Waals surface area contributed by atoms with E-state index in [-0.39, 0.29) is 23.8 Å². The van der Waals surface area contributed by atoms with Crippen molar-refractivity contribution in [3.63, 3.8) is 0 Å². The minimum atomic E-state index is -0.387. The molecule has 0 fully saturated rings. The lowest BCUT2D eigenvalue weighted by Crippen LogP contribution is -2.18. The van der Waals surface area contributed by atoms with Gasteiger partial charge in [-0.05, 0) is 62.8 Å². The molecule has 0 spiro atoms. The predicted molar refractivity (Wildman–Crippen MR) is 104 cm³/mol. The van der Waals surface area contributed by atoms with Crippen LogP contribution in [0.25, 0.3) is 0 Å². The number of H-pyrrole nitrogens is 1. The lowest BCUT2D eigenvalue weighted by molar-refractivity contribution is 0.0327. The minimum absolute atomic E-state index is 0.0754. The number of Topliss-reactive ketones (excluding diaryl/α,β-unsaturated/α-hetero) is 1. The van der Waals surface area contributed by atoms with Crippen molar-refractivity contribution in [3.8, 4) is 5.75 Å². The predicted octanol–water partition coefficient (Wildman–Crippen LogP) is 4.59. The number of carbonyl (C=O) groups is 2. The van der Waals surface area contributed by atoms with E-state index in [2.05, 4.69) is 4.98 Å². The van der Waals surface area contributed by atoms with Gasteiger partial charge in [-0.15, -0.1) is 0 Å². The Kier molecular flexibility index (Phi) is 5.68. The third-order valence-electron chi connectivity index (χ3n) is 5.24. The van der Waals surface area contributed by atoms with Crippen LogP contribution in [0.2, 0.25) is 0 Å². The summed E-state index contributed by atoms with van der Waals surface area (Å²) in [6, 6.07) is 7.91. The molecule has 0 unspecified atom stereocenters. The molecule has 1 aromatic heterocycles. The summed E-state index contributed by atoms with van der Waals surface area (Å²) < 4.78 is 10.9. The number of rotatable bonds is 6. The molecule has 0 saturated carbocycles. The zero-order valence-corrected chi connectivity index (χ0v) is 16.4. The highest BCUT2D eigenvalue weighted by Crippen LogP contribution is 2.35. The Morgan fingerprint density at radius 3 is 2.56 bits per heavy atom. The average Bonchev–Trinajstić information content (AvgIpc) is 2.99. The van der Waals surface area contributed by atoms with Gasteiger partial charge in [-0.3, -0.25) is 4.79 Å². The maximum Gasteiger partial charge on any atom is 0.355 e. The van der Waals surface area contributed by atoms with Crippen molar-refractivity contribution in [1.29, 1.82) is 0 Å². The van der Waals surface area contributed by atoms with Crippen molar-refractivity contribution in [2.75, 3.05) is 6.61 Å². The Hall–Kier alpha value is -2.56. The smallest absolute Gasteiger partial charge is 0.355 e. The van der Waals surface area contributed by atoms with Gasteiger partial charge in [0.25, 0.3) is 0 Å². The number of aromatic amines is 1. The first-order chi connectivity index (χ1) is 12.9. The van der Waals surface area contributed by atoms with Crippen LogP contribution >= 0.6 is 0 Å². The van der Waals surface area contributed by atoms with Crippen LogP contribution in [0, 0.1) is 6.92 Å². The molecule has 1 heterocycles. The monoisotopic (exact) mass is 369 g/mol. The van der Waals surface area contributed by atoms with Gasteiger partial charge >= 0.3 is 5.97 Å². The summed E-state index contributed by atoms with van der Waals surface area (Å²) in [6.45, 7) is 8.23. The summed E-state index contributed by atoms with van der Waals surface area (Å²) in [6.07, 6.45) is 1.75. The van der Waals surface area contributed by atoms with Gasteiger partial charge in [0.1, 0.15) is 11.4 Å². The van der Waals surface area contributed by atoms with Gasteiger partial charge < -0.3 is 14.5 Å². The van der Waals surface area contributed by atoms with Crippen molar-refractivity contribution in [2.24, 2.45) is 0 Å². The summed E-state index contributed by atoms with van der Waals surface area (Å²) in [5, 5.41) is 0. The number of benzene rings is 1. The molecule has 0 amide bonds. The van der Waals surface area contributed by atoms with Gasteiger partial charge in [0.05, 0.1) is 12.7 Å². The second-order valence-electron chi connectivity index (χ2n) is 7.13. The van der Waals surface area contributed by atoms with Crippen molar-refractivity contribution in [3.05, 3.63) is 52.3 Å². The van der Waals surface area contributed by atoms with Gasteiger partial charge in [-0.1, -0.05) is 19.1 Å². The molecule has 1 aliphatic carbocycles. The number of nitrogens with one attached hydrogen (secondary N) is 1. The molecule has 0 saturated heterocycles. The third kappa shape index (κ3) is 3.92. The molecule has 0 radical (unpaired) electrons. The van der Waals surface area contributed by atoms with Crippen LogP contribution in [0.5, 0.6) is 5.75 Å². The quantitative estimate of drug-likeness (QED) is 0.756. The zero-order valence-electron chi connectivity index (χ0n) is 16.4. The fraction of sp³-hybridized carbons (Fsp3) is 0.455. The summed E-state index contributed by atoms with van der Waals surface area (Å²) in [5.74, 6) is 0.611. The molecule has 5 heteroatoms. The molecule has 2 atom stereocenters. The molecule has 27 heavy (non-hydrogen) atoms. The first kappa shape index (κ1) is 19.2. The standard InChI is InChI=1S/C22H27NO4/c1-5-13(3)27-22(25)21-14(4)20-18(23-21)11-16(12-19(20)24)15-7-9-17(10-8-15)26-6-2/h7-10,13,16,23H,5-6,11-12H2,1-4H3/t13-,16+/m0/s1. The van der Waals surface area contributed by atoms with Crippen molar-refractivity contribution < 1.29 is 19.1 Å². The maximum absolute atomic E-state index is 12.8. The van der Waals surface area contributed by atoms with Gasteiger partial charge in [0, 0.05) is 17.7 Å². The van der Waals surface area contributed by atoms with Gasteiger partial charge in [-0.2, -0.15) is 0 Å². The van der Waals surface area contributed by atoms with Crippen LogP contribution in [-0.2, 0) is 11.2 Å². The van der Waals surface area contributed by atoms with E-state index < -0.39 is 0 Å². The second-order valence-corrected chi connectivity index (χ2v) is 7.13. The van der Waals surface area contributed by atoms with Crippen molar-refractivity contribution in [1.82, 2.24) is 4.98 Å². The van der Waals surface area contributed by atoms with Gasteiger partial charge in [-0.25, -0.2) is 4.79 Å². The zero-order chi connectivity index (χ0) is 19.6. The number of fused-ring (bicyclic) bond motifs is 1. The van der Waals surface area contributed by atoms with Crippen LogP contribution in [0.4, 0.5) is 0 Å². The molecular formula is C22H27NO4. The third-order valence-corrected chi connectivity index (χ3v) is 5.24. The van der Waals surface area contributed by atoms with Crippen molar-refractivity contribution in [2.45, 2.75) is 59.0 Å². The van der Waals surface area contributed by atoms with Crippen LogP contribution in [0.3, 0.4) is 0 Å². The fourth-order valence-electron chi connectivity index (χ4n) is 3.60. The first-order valence-corrected chi connectivity index (χ1v) is 9.62. The van der Waals surface area contributed by atoms with E-state index in [1.165, 1.54) is 0 Å². The van der Waals surface area contributed by atoms with Crippen LogP contribution in [0.1, 0.15) is 77.2 Å². The average molecular weight is 369 g/mol. The molecule has 0 aliphatic heterocycles. The highest BCUT2D eigenvalue weighted by Gasteiger charge is 2.32. The Bertz CT molecular complexity index is 835. The van der Waals surface area contributed by atoms with E-state index in [9.17, 15) is 9.59 Å². The highest BCUT2D eigenvalue weighted by molar-refractivity contribution is 6.03. The lowest BCUT2D eigenvalue weighted by atomic mass is 9.81. The van der Waals surface area contributed by atoms with Crippen LogP contribution < -0.4 is 4.74 Å². The lowest BCUT2D eigenvalue weighted by Gasteiger charge is -2.22. The molecule has 5 nitrogen and oxygen atoms in total. The van der Waals surface area contributed by atoms with E-state index in [0.29, 0.717) is 36.3 Å². The van der Waals surface area contributed by atoms with Crippen molar-refractivity contribution >= 4 is 11.8 Å². The Labute approximate surface area is 160 Å². The number of hydrogen-bond donors (Lipinski definition) is 1. The van der Waals surface area contributed by atoms with Crippen LogP contribution in [-0.4, -0.2) is 29.4 Å². The molecule has 1 N–H and O–H groups in total. The molecule has 1 aliphatic rings. The summed E-state index contributed by atoms with van der Waals surface area (Å²) in [4.78, 5) is 28.4. The maximum atomic E-state index is 12.8. The van der Waals surface area contributed by atoms with Gasteiger partial charge in [0.15, 0.2) is 5.78 Å². The molecule has 144 valence electrons. The molecule has 3 rings (SSSR count). The number of ketones is 1. The number of aromatic nitrogens is 1. The molecule has 2 aromatic rings.